The SMILES string of the molecule is COc1ncccc1-c1ccc(O)c(-c2nc3cc(C(=O)Nc4cccc(N5CCCC5=O)c4)ccc3[nH]2)c1. The standard InChI is InChI=1S/C30H25N5O4/c1-39-30-22(7-3-13-31-30)18-10-12-26(36)23(15-18)28-33-24-11-9-19(16-25(24)34-28)29(38)32-20-5-2-6-21(17-20)35-14-4-8-27(35)37/h2-3,5-7,9-13,15-17,36H,4,8,14H2,1H3,(H,32,38)(H,33,34). The molecule has 39 heavy (non-hydrogen) atoms. The van der Waals surface area contributed by atoms with Crippen LogP contribution in [0.1, 0.15) is 23.2 Å². The van der Waals surface area contributed by atoms with Gasteiger partial charge in [-0.05, 0) is 72.6 Å². The molecule has 2 aromatic heterocycles. The van der Waals surface area contributed by atoms with E-state index in [1.807, 2.05) is 30.3 Å². The number of anilines is 2. The average molecular weight is 520 g/mol. The van der Waals surface area contributed by atoms with Crippen LogP contribution in [-0.4, -0.2) is 45.5 Å². The van der Waals surface area contributed by atoms with E-state index in [1.165, 1.54) is 0 Å². The van der Waals surface area contributed by atoms with Crippen LogP contribution in [0.3, 0.4) is 0 Å². The predicted octanol–water partition coefficient (Wildman–Crippen LogP) is 5.39. The molecule has 0 saturated carbocycles. The number of carbonyl (C=O) groups excluding carboxylic acids is 2. The molecule has 3 N–H and O–H groups in total. The lowest BCUT2D eigenvalue weighted by molar-refractivity contribution is -0.117. The van der Waals surface area contributed by atoms with Crippen LogP contribution in [0.25, 0.3) is 33.5 Å². The van der Waals surface area contributed by atoms with Crippen LogP contribution in [-0.2, 0) is 4.79 Å². The average Bonchev–Trinajstić information content (AvgIpc) is 3.59. The number of phenolic OH excluding ortho intramolecular Hbond substituents is 1. The number of ether oxygens (including phenoxy) is 1. The number of pyridine rings is 1. The van der Waals surface area contributed by atoms with E-state index in [4.69, 9.17) is 4.74 Å². The predicted molar refractivity (Wildman–Crippen MR) is 149 cm³/mol. The lowest BCUT2D eigenvalue weighted by Gasteiger charge is -2.16. The minimum absolute atomic E-state index is 0.0648. The van der Waals surface area contributed by atoms with Crippen molar-refractivity contribution in [1.29, 1.82) is 0 Å². The fraction of sp³-hybridized carbons (Fsp3) is 0.133. The van der Waals surface area contributed by atoms with Gasteiger partial charge >= 0.3 is 0 Å². The molecular weight excluding hydrogens is 494 g/mol. The highest BCUT2D eigenvalue weighted by Crippen LogP contribution is 2.36. The van der Waals surface area contributed by atoms with E-state index in [9.17, 15) is 14.7 Å². The van der Waals surface area contributed by atoms with Gasteiger partial charge in [0.05, 0.1) is 23.7 Å². The van der Waals surface area contributed by atoms with Crippen LogP contribution in [0.5, 0.6) is 11.6 Å². The molecule has 0 spiro atoms. The molecule has 194 valence electrons. The molecule has 0 bridgehead atoms. The van der Waals surface area contributed by atoms with Crippen LogP contribution in [0.2, 0.25) is 0 Å². The number of nitrogens with zero attached hydrogens (tertiary/aromatic N) is 3. The number of phenols is 1. The van der Waals surface area contributed by atoms with Crippen molar-refractivity contribution in [3.05, 3.63) is 84.6 Å². The largest absolute Gasteiger partial charge is 0.507 e. The Balaban J connectivity index is 1.27. The summed E-state index contributed by atoms with van der Waals surface area (Å²) in [4.78, 5) is 39.0. The van der Waals surface area contributed by atoms with Gasteiger partial charge in [0.25, 0.3) is 5.91 Å². The molecule has 1 saturated heterocycles. The highest BCUT2D eigenvalue weighted by molar-refractivity contribution is 6.06. The highest BCUT2D eigenvalue weighted by Gasteiger charge is 2.22. The first kappa shape index (κ1) is 24.2. The van der Waals surface area contributed by atoms with E-state index in [0.29, 0.717) is 47.0 Å². The molecule has 0 aliphatic carbocycles. The maximum Gasteiger partial charge on any atom is 0.255 e. The monoisotopic (exact) mass is 519 g/mol. The number of methoxy groups -OCH3 is 1. The van der Waals surface area contributed by atoms with Gasteiger partial charge in [-0.1, -0.05) is 12.1 Å². The summed E-state index contributed by atoms with van der Waals surface area (Å²) >= 11 is 0. The number of H-pyrrole nitrogens is 1. The van der Waals surface area contributed by atoms with Crippen molar-refractivity contribution < 1.29 is 19.4 Å². The van der Waals surface area contributed by atoms with Crippen molar-refractivity contribution >= 4 is 34.2 Å². The number of amides is 2. The third-order valence-corrected chi connectivity index (χ3v) is 6.76. The Bertz CT molecular complexity index is 1730. The second-order valence-electron chi connectivity index (χ2n) is 9.26. The molecule has 1 aliphatic heterocycles. The molecule has 9 heteroatoms. The van der Waals surface area contributed by atoms with Gasteiger partial charge in [0, 0.05) is 41.7 Å². The molecule has 0 atom stereocenters. The van der Waals surface area contributed by atoms with Gasteiger partial charge in [-0.25, -0.2) is 9.97 Å². The third kappa shape index (κ3) is 4.66. The van der Waals surface area contributed by atoms with Gasteiger partial charge in [-0.3, -0.25) is 9.59 Å². The first-order valence-corrected chi connectivity index (χ1v) is 12.5. The third-order valence-electron chi connectivity index (χ3n) is 6.76. The maximum absolute atomic E-state index is 13.1. The van der Waals surface area contributed by atoms with Gasteiger partial charge in [0.1, 0.15) is 11.6 Å². The zero-order valence-corrected chi connectivity index (χ0v) is 21.1. The molecule has 2 amide bonds. The molecule has 1 aliphatic rings. The number of imidazole rings is 1. The van der Waals surface area contributed by atoms with Gasteiger partial charge in [0.15, 0.2) is 0 Å². The first-order valence-electron chi connectivity index (χ1n) is 12.5. The van der Waals surface area contributed by atoms with Crippen molar-refractivity contribution in [1.82, 2.24) is 15.0 Å². The molecule has 5 aromatic rings. The number of aromatic amines is 1. The van der Waals surface area contributed by atoms with Crippen LogP contribution in [0.15, 0.2) is 79.0 Å². The minimum Gasteiger partial charge on any atom is -0.507 e. The van der Waals surface area contributed by atoms with Gasteiger partial charge in [-0.2, -0.15) is 0 Å². The Morgan fingerprint density at radius 3 is 2.77 bits per heavy atom. The number of nitrogens with one attached hydrogen (secondary N) is 2. The molecule has 6 rings (SSSR count). The Labute approximate surface area is 224 Å². The number of aromatic hydroxyl groups is 1. The fourth-order valence-corrected chi connectivity index (χ4v) is 4.82. The van der Waals surface area contributed by atoms with E-state index in [2.05, 4.69) is 20.3 Å². The smallest absolute Gasteiger partial charge is 0.255 e. The number of carbonyl (C=O) groups is 2. The number of rotatable bonds is 6. The topological polar surface area (TPSA) is 120 Å². The summed E-state index contributed by atoms with van der Waals surface area (Å²) in [6.07, 6.45) is 3.03. The van der Waals surface area contributed by atoms with Crippen molar-refractivity contribution in [2.75, 3.05) is 23.9 Å². The van der Waals surface area contributed by atoms with E-state index in [1.54, 1.807) is 60.7 Å². The lowest BCUT2D eigenvalue weighted by atomic mass is 10.0. The van der Waals surface area contributed by atoms with Crippen molar-refractivity contribution in [3.8, 4) is 34.1 Å². The van der Waals surface area contributed by atoms with Gasteiger partial charge in [-0.15, -0.1) is 0 Å². The highest BCUT2D eigenvalue weighted by atomic mass is 16.5. The van der Waals surface area contributed by atoms with Gasteiger partial charge in [0.2, 0.25) is 11.8 Å². The van der Waals surface area contributed by atoms with Crippen LogP contribution in [0, 0.1) is 0 Å². The van der Waals surface area contributed by atoms with Crippen LogP contribution < -0.4 is 15.0 Å². The van der Waals surface area contributed by atoms with Crippen molar-refractivity contribution in [3.63, 3.8) is 0 Å². The van der Waals surface area contributed by atoms with E-state index < -0.39 is 0 Å². The number of aromatic nitrogens is 3. The van der Waals surface area contributed by atoms with Crippen LogP contribution >= 0.6 is 0 Å². The van der Waals surface area contributed by atoms with Gasteiger partial charge < -0.3 is 25.0 Å². The molecule has 3 aromatic carbocycles. The number of fused-ring (bicyclic) bond motifs is 1. The van der Waals surface area contributed by atoms with E-state index in [0.717, 1.165) is 28.8 Å². The van der Waals surface area contributed by atoms with Crippen LogP contribution in [0.4, 0.5) is 11.4 Å². The zero-order valence-electron chi connectivity index (χ0n) is 21.1. The van der Waals surface area contributed by atoms with E-state index in [-0.39, 0.29) is 17.6 Å². The molecular formula is C30H25N5O4. The molecule has 1 fully saturated rings. The summed E-state index contributed by atoms with van der Waals surface area (Å²) < 4.78 is 5.39. The summed E-state index contributed by atoms with van der Waals surface area (Å²) in [6, 6.07) is 21.4. The molecule has 0 unspecified atom stereocenters. The lowest BCUT2D eigenvalue weighted by Crippen LogP contribution is -2.23. The first-order chi connectivity index (χ1) is 19.0. The Hall–Kier alpha value is -5.18. The Morgan fingerprint density at radius 2 is 1.95 bits per heavy atom. The van der Waals surface area contributed by atoms with Crippen molar-refractivity contribution in [2.24, 2.45) is 0 Å². The molecule has 0 radical (unpaired) electrons. The zero-order chi connectivity index (χ0) is 26.9. The number of hydrogen-bond acceptors (Lipinski definition) is 6. The molecule has 3 heterocycles. The van der Waals surface area contributed by atoms with Crippen molar-refractivity contribution in [2.45, 2.75) is 12.8 Å². The second kappa shape index (κ2) is 9.94. The minimum atomic E-state index is -0.292. The summed E-state index contributed by atoms with van der Waals surface area (Å²) in [7, 11) is 1.56. The Morgan fingerprint density at radius 1 is 1.05 bits per heavy atom. The summed E-state index contributed by atoms with van der Waals surface area (Å²) in [5.74, 6) is 0.809. The number of hydrogen-bond donors (Lipinski definition) is 3. The fourth-order valence-electron chi connectivity index (χ4n) is 4.82. The summed E-state index contributed by atoms with van der Waals surface area (Å²) in [6.45, 7) is 0.683. The Kier molecular flexibility index (Phi) is 6.16. The molecule has 9 nitrogen and oxygen atoms in total. The summed E-state index contributed by atoms with van der Waals surface area (Å²) in [5.41, 5.74) is 5.22. The second-order valence-corrected chi connectivity index (χ2v) is 9.26. The maximum atomic E-state index is 13.1. The quantitative estimate of drug-likeness (QED) is 0.277. The van der Waals surface area contributed by atoms with E-state index >= 15 is 0 Å². The normalized spacial score (nSPS) is 13.2. The summed E-state index contributed by atoms with van der Waals surface area (Å²) in [5, 5.41) is 13.5. The number of benzene rings is 3.